The van der Waals surface area contributed by atoms with E-state index in [4.69, 9.17) is 0 Å². The Morgan fingerprint density at radius 2 is 0.806 bits per heavy atom. The molecule has 2 N–H and O–H groups in total. The van der Waals surface area contributed by atoms with Crippen LogP contribution in [0.4, 0.5) is 30.7 Å². The van der Waals surface area contributed by atoms with E-state index in [2.05, 4.69) is 0 Å². The molecule has 3 aromatic rings. The van der Waals surface area contributed by atoms with Gasteiger partial charge in [-0.1, -0.05) is 54.6 Å². The first-order chi connectivity index (χ1) is 14.4. The zero-order valence-electron chi connectivity index (χ0n) is 15.5. The third kappa shape index (κ3) is 3.37. The molecule has 0 heterocycles. The summed E-state index contributed by atoms with van der Waals surface area (Å²) in [6.45, 7) is 0. The lowest BCUT2D eigenvalue weighted by Crippen LogP contribution is -2.63. The van der Waals surface area contributed by atoms with Crippen molar-refractivity contribution in [2.75, 3.05) is 0 Å². The molecule has 0 saturated heterocycles. The number of phenols is 2. The fraction of sp³-hybridized carbons (Fsp3) is 0.182. The highest BCUT2D eigenvalue weighted by Crippen LogP contribution is 2.60. The van der Waals surface area contributed by atoms with Crippen LogP contribution in [0.5, 0.6) is 11.5 Å². The molecule has 31 heavy (non-hydrogen) atoms. The van der Waals surface area contributed by atoms with E-state index < -0.39 is 51.6 Å². The van der Waals surface area contributed by atoms with Crippen LogP contribution in [0.15, 0.2) is 78.9 Å². The van der Waals surface area contributed by atoms with Crippen LogP contribution in [0.1, 0.15) is 16.7 Å². The number of halogens is 7. The SMILES string of the molecule is Oc1ccc(C(c2ccccc2)(c2ccc(O)cc2)C(F)(F)C(F)(F)C(F)(F)F)cc1. The molecule has 0 fully saturated rings. The molecule has 0 spiro atoms. The van der Waals surface area contributed by atoms with Gasteiger partial charge in [-0.15, -0.1) is 0 Å². The molecule has 0 unspecified atom stereocenters. The Hall–Kier alpha value is -3.23. The Balaban J connectivity index is 2.52. The maximum atomic E-state index is 15.7. The van der Waals surface area contributed by atoms with Crippen LogP contribution in [0, 0.1) is 0 Å². The second-order valence-electron chi connectivity index (χ2n) is 6.86. The van der Waals surface area contributed by atoms with Crippen LogP contribution in [0.3, 0.4) is 0 Å². The van der Waals surface area contributed by atoms with Crippen molar-refractivity contribution in [3.05, 3.63) is 95.6 Å². The molecule has 9 heteroatoms. The Morgan fingerprint density at radius 1 is 0.452 bits per heavy atom. The largest absolute Gasteiger partial charge is 0.508 e. The number of benzene rings is 3. The predicted molar refractivity (Wildman–Crippen MR) is 98.5 cm³/mol. The number of hydrogen-bond donors (Lipinski definition) is 2. The van der Waals surface area contributed by atoms with Crippen molar-refractivity contribution in [3.63, 3.8) is 0 Å². The third-order valence-corrected chi connectivity index (χ3v) is 5.03. The molecule has 164 valence electrons. The predicted octanol–water partition coefficient (Wildman–Crippen LogP) is 6.27. The summed E-state index contributed by atoms with van der Waals surface area (Å²) in [6.07, 6.45) is -6.57. The van der Waals surface area contributed by atoms with Gasteiger partial charge in [0.2, 0.25) is 0 Å². The van der Waals surface area contributed by atoms with Gasteiger partial charge in [0.1, 0.15) is 16.9 Å². The lowest BCUT2D eigenvalue weighted by atomic mass is 9.63. The first-order valence-corrected chi connectivity index (χ1v) is 8.82. The molecule has 3 aromatic carbocycles. The lowest BCUT2D eigenvalue weighted by Gasteiger charge is -2.45. The fourth-order valence-electron chi connectivity index (χ4n) is 3.57. The first-order valence-electron chi connectivity index (χ1n) is 8.82. The molecule has 0 bridgehead atoms. The summed E-state index contributed by atoms with van der Waals surface area (Å²) in [6, 6.07) is 13.0. The maximum Gasteiger partial charge on any atom is 0.459 e. The number of hydrogen-bond acceptors (Lipinski definition) is 2. The molecule has 0 amide bonds. The molecule has 0 aliphatic carbocycles. The molecular formula is C22H15F7O2. The quantitative estimate of drug-likeness (QED) is 0.360. The van der Waals surface area contributed by atoms with Gasteiger partial charge in [0.15, 0.2) is 0 Å². The highest BCUT2D eigenvalue weighted by atomic mass is 19.4. The fourth-order valence-corrected chi connectivity index (χ4v) is 3.57. The van der Waals surface area contributed by atoms with E-state index in [1.807, 2.05) is 0 Å². The van der Waals surface area contributed by atoms with Crippen molar-refractivity contribution < 1.29 is 40.9 Å². The highest BCUT2D eigenvalue weighted by molar-refractivity contribution is 5.55. The van der Waals surface area contributed by atoms with Crippen molar-refractivity contribution in [2.24, 2.45) is 0 Å². The van der Waals surface area contributed by atoms with E-state index in [1.165, 1.54) is 18.2 Å². The van der Waals surface area contributed by atoms with Gasteiger partial charge >= 0.3 is 18.0 Å². The summed E-state index contributed by atoms with van der Waals surface area (Å²) < 4.78 is 99.9. The van der Waals surface area contributed by atoms with E-state index in [1.54, 1.807) is 0 Å². The second kappa shape index (κ2) is 7.47. The summed E-state index contributed by atoms with van der Waals surface area (Å²) >= 11 is 0. The van der Waals surface area contributed by atoms with Crippen LogP contribution in [-0.4, -0.2) is 28.2 Å². The van der Waals surface area contributed by atoms with E-state index in [9.17, 15) is 32.2 Å². The van der Waals surface area contributed by atoms with Gasteiger partial charge < -0.3 is 10.2 Å². The second-order valence-corrected chi connectivity index (χ2v) is 6.86. The summed E-state index contributed by atoms with van der Waals surface area (Å²) in [5.41, 5.74) is -5.10. The highest BCUT2D eigenvalue weighted by Gasteiger charge is 2.80. The number of aromatic hydroxyl groups is 2. The van der Waals surface area contributed by atoms with Gasteiger partial charge in [-0.2, -0.15) is 30.7 Å². The van der Waals surface area contributed by atoms with Gasteiger partial charge in [-0.05, 0) is 41.0 Å². The Bertz CT molecular complexity index is 983. The van der Waals surface area contributed by atoms with Gasteiger partial charge in [0.25, 0.3) is 0 Å². The number of rotatable bonds is 5. The maximum absolute atomic E-state index is 15.7. The van der Waals surface area contributed by atoms with Gasteiger partial charge in [-0.25, -0.2) is 0 Å². The minimum Gasteiger partial charge on any atom is -0.508 e. The van der Waals surface area contributed by atoms with E-state index in [0.717, 1.165) is 60.7 Å². The average molecular weight is 444 g/mol. The summed E-state index contributed by atoms with van der Waals surface area (Å²) in [5, 5.41) is 19.1. The van der Waals surface area contributed by atoms with Crippen LogP contribution in [0.25, 0.3) is 0 Å². The van der Waals surface area contributed by atoms with Crippen molar-refractivity contribution in [3.8, 4) is 11.5 Å². The van der Waals surface area contributed by atoms with Gasteiger partial charge in [0.05, 0.1) is 0 Å². The first kappa shape index (κ1) is 22.5. The molecular weight excluding hydrogens is 429 g/mol. The van der Waals surface area contributed by atoms with Crippen LogP contribution in [-0.2, 0) is 5.41 Å². The monoisotopic (exact) mass is 444 g/mol. The lowest BCUT2D eigenvalue weighted by molar-refractivity contribution is -0.364. The minimum absolute atomic E-state index is 0.401. The molecule has 0 aliphatic rings. The van der Waals surface area contributed by atoms with Crippen LogP contribution < -0.4 is 0 Å². The Kier molecular flexibility index (Phi) is 5.41. The zero-order chi connectivity index (χ0) is 23.1. The Labute approximate surface area is 172 Å². The summed E-state index contributed by atoms with van der Waals surface area (Å²) in [4.78, 5) is 0. The molecule has 0 radical (unpaired) electrons. The van der Waals surface area contributed by atoms with Gasteiger partial charge in [-0.3, -0.25) is 0 Å². The molecule has 0 atom stereocenters. The average Bonchev–Trinajstić information content (AvgIpc) is 2.71. The number of phenolic OH excluding ortho intramolecular Hbond substituents is 2. The molecule has 0 aliphatic heterocycles. The topological polar surface area (TPSA) is 40.5 Å². The molecule has 3 rings (SSSR count). The normalized spacial score (nSPS) is 13.3. The molecule has 0 aromatic heterocycles. The van der Waals surface area contributed by atoms with Gasteiger partial charge in [0, 0.05) is 0 Å². The van der Waals surface area contributed by atoms with Crippen LogP contribution in [0.2, 0.25) is 0 Å². The molecule has 0 saturated carbocycles. The summed E-state index contributed by atoms with van der Waals surface area (Å²) in [7, 11) is 0. The minimum atomic E-state index is -6.57. The standard InChI is InChI=1S/C22H15F7O2/c23-20(24,21(25,26)22(27,28)29)19(14-4-2-1-3-5-14,15-6-10-17(30)11-7-15)16-8-12-18(31)13-9-16/h1-13,30-31H. The number of alkyl halides is 7. The van der Waals surface area contributed by atoms with Crippen molar-refractivity contribution in [1.82, 2.24) is 0 Å². The van der Waals surface area contributed by atoms with Crippen molar-refractivity contribution in [1.29, 1.82) is 0 Å². The van der Waals surface area contributed by atoms with Crippen molar-refractivity contribution in [2.45, 2.75) is 23.4 Å². The smallest absolute Gasteiger partial charge is 0.459 e. The third-order valence-electron chi connectivity index (χ3n) is 5.03. The molecule has 2 nitrogen and oxygen atoms in total. The van der Waals surface area contributed by atoms with E-state index in [0.29, 0.717) is 0 Å². The zero-order valence-corrected chi connectivity index (χ0v) is 15.5. The van der Waals surface area contributed by atoms with E-state index >= 15 is 8.78 Å². The Morgan fingerprint density at radius 3 is 1.16 bits per heavy atom. The van der Waals surface area contributed by atoms with E-state index in [-0.39, 0.29) is 0 Å². The van der Waals surface area contributed by atoms with Crippen LogP contribution >= 0.6 is 0 Å². The summed E-state index contributed by atoms with van der Waals surface area (Å²) in [5.74, 6) is -13.0. The van der Waals surface area contributed by atoms with Crippen molar-refractivity contribution >= 4 is 0 Å².